The van der Waals surface area contributed by atoms with Crippen LogP contribution in [0.1, 0.15) is 12.8 Å². The highest BCUT2D eigenvalue weighted by atomic mass is 19.3. The van der Waals surface area contributed by atoms with Gasteiger partial charge in [-0.25, -0.2) is 8.78 Å². The minimum Gasteiger partial charge on any atom is -0.363 e. The topological polar surface area (TPSA) is 27.1 Å². The van der Waals surface area contributed by atoms with Gasteiger partial charge in [0.1, 0.15) is 0 Å². The summed E-state index contributed by atoms with van der Waals surface area (Å²) in [7, 11) is 0. The van der Waals surface area contributed by atoms with Gasteiger partial charge in [-0.3, -0.25) is 5.41 Å². The third kappa shape index (κ3) is 1.65. The molecule has 0 radical (unpaired) electrons. The van der Waals surface area contributed by atoms with Crippen LogP contribution < -0.4 is 0 Å². The molecule has 1 heterocycles. The number of hydrogen-bond donors (Lipinski definition) is 1. The Hall–Kier alpha value is -0.670. The summed E-state index contributed by atoms with van der Waals surface area (Å²) >= 11 is 0. The van der Waals surface area contributed by atoms with E-state index in [0.29, 0.717) is 13.1 Å². The number of alkyl halides is 2. The molecule has 1 fully saturated rings. The van der Waals surface area contributed by atoms with E-state index in [1.165, 1.54) is 0 Å². The second kappa shape index (κ2) is 2.52. The lowest BCUT2D eigenvalue weighted by Crippen LogP contribution is -2.38. The third-order valence-corrected chi connectivity index (χ3v) is 1.71. The number of likely N-dealkylation sites (tertiary alicyclic amines) is 1. The van der Waals surface area contributed by atoms with E-state index in [1.807, 2.05) is 0 Å². The maximum atomic E-state index is 12.4. The molecule has 4 heteroatoms. The van der Waals surface area contributed by atoms with E-state index >= 15 is 0 Å². The molecule has 1 aliphatic heterocycles. The summed E-state index contributed by atoms with van der Waals surface area (Å²) in [5.74, 6) is -2.49. The van der Waals surface area contributed by atoms with E-state index in [2.05, 4.69) is 0 Å². The summed E-state index contributed by atoms with van der Waals surface area (Å²) in [5.41, 5.74) is 0. The van der Waals surface area contributed by atoms with Crippen molar-refractivity contribution in [2.45, 2.75) is 18.8 Å². The number of rotatable bonds is 1. The van der Waals surface area contributed by atoms with Gasteiger partial charge in [-0.2, -0.15) is 0 Å². The second-order valence-electron chi connectivity index (χ2n) is 2.52. The molecule has 0 aliphatic carbocycles. The predicted molar refractivity (Wildman–Crippen MR) is 34.5 cm³/mol. The first-order valence-electron chi connectivity index (χ1n) is 3.26. The van der Waals surface area contributed by atoms with Crippen molar-refractivity contribution in [1.82, 2.24) is 4.90 Å². The van der Waals surface area contributed by atoms with Crippen LogP contribution in [0.4, 0.5) is 8.78 Å². The van der Waals surface area contributed by atoms with Crippen LogP contribution >= 0.6 is 0 Å². The maximum absolute atomic E-state index is 12.4. The maximum Gasteiger partial charge on any atom is 0.251 e. The Morgan fingerprint density at radius 3 is 2.20 bits per heavy atom. The Balaban J connectivity index is 2.38. The summed E-state index contributed by atoms with van der Waals surface area (Å²) in [6.07, 6.45) is 0.903. The molecule has 1 rings (SSSR count). The van der Waals surface area contributed by atoms with Gasteiger partial charge in [0.05, 0.1) is 6.34 Å². The van der Waals surface area contributed by atoms with E-state index in [4.69, 9.17) is 5.41 Å². The van der Waals surface area contributed by atoms with E-state index in [-0.39, 0.29) is 12.8 Å². The summed E-state index contributed by atoms with van der Waals surface area (Å²) in [4.78, 5) is 1.59. The first kappa shape index (κ1) is 7.44. The second-order valence-corrected chi connectivity index (χ2v) is 2.52. The van der Waals surface area contributed by atoms with Crippen LogP contribution in [0.2, 0.25) is 0 Å². The lowest BCUT2D eigenvalue weighted by atomic mass is 10.1. The molecule has 0 aromatic heterocycles. The summed E-state index contributed by atoms with van der Waals surface area (Å²) in [5, 5.41) is 6.78. The molecule has 0 saturated carbocycles. The van der Waals surface area contributed by atoms with Gasteiger partial charge in [0.15, 0.2) is 0 Å². The van der Waals surface area contributed by atoms with Gasteiger partial charge < -0.3 is 4.90 Å². The highest BCUT2D eigenvalue weighted by Crippen LogP contribution is 2.26. The molecule has 58 valence electrons. The van der Waals surface area contributed by atoms with E-state index in [0.717, 1.165) is 6.34 Å². The van der Waals surface area contributed by atoms with Crippen molar-refractivity contribution in [2.75, 3.05) is 13.1 Å². The molecule has 0 aromatic rings. The van der Waals surface area contributed by atoms with Crippen molar-refractivity contribution in [2.24, 2.45) is 0 Å². The van der Waals surface area contributed by atoms with E-state index < -0.39 is 5.92 Å². The predicted octanol–water partition coefficient (Wildman–Crippen LogP) is 1.32. The normalized spacial score (nSPS) is 24.4. The van der Waals surface area contributed by atoms with Gasteiger partial charge in [-0.05, 0) is 0 Å². The van der Waals surface area contributed by atoms with Gasteiger partial charge in [-0.1, -0.05) is 0 Å². The molecule has 1 saturated heterocycles. The third-order valence-electron chi connectivity index (χ3n) is 1.71. The Kier molecular flexibility index (Phi) is 1.87. The fourth-order valence-electron chi connectivity index (χ4n) is 0.980. The fraction of sp³-hybridized carbons (Fsp3) is 0.833. The first-order chi connectivity index (χ1) is 4.64. The molecule has 1 aliphatic rings. The van der Waals surface area contributed by atoms with Gasteiger partial charge in [0, 0.05) is 25.9 Å². The molecule has 0 unspecified atom stereocenters. The molecule has 0 atom stereocenters. The molecule has 2 nitrogen and oxygen atoms in total. The molecule has 0 bridgehead atoms. The van der Waals surface area contributed by atoms with Gasteiger partial charge in [0.2, 0.25) is 0 Å². The SMILES string of the molecule is N=CN1CCC(F)(F)CC1. The number of nitrogens with zero attached hydrogens (tertiary/aromatic N) is 1. The van der Waals surface area contributed by atoms with Crippen molar-refractivity contribution < 1.29 is 8.78 Å². The monoisotopic (exact) mass is 148 g/mol. The Morgan fingerprint density at radius 2 is 1.80 bits per heavy atom. The van der Waals surface area contributed by atoms with E-state index in [1.54, 1.807) is 4.90 Å². The van der Waals surface area contributed by atoms with Crippen LogP contribution in [0.15, 0.2) is 0 Å². The average Bonchev–Trinajstić information content (AvgIpc) is 1.88. The Bertz CT molecular complexity index is 126. The number of halogens is 2. The molecular weight excluding hydrogens is 138 g/mol. The molecule has 0 spiro atoms. The van der Waals surface area contributed by atoms with Crippen LogP contribution in [0.5, 0.6) is 0 Å². The Morgan fingerprint density at radius 1 is 1.30 bits per heavy atom. The zero-order valence-corrected chi connectivity index (χ0v) is 5.61. The van der Waals surface area contributed by atoms with Gasteiger partial charge >= 0.3 is 0 Å². The molecule has 10 heavy (non-hydrogen) atoms. The molecular formula is C6H10F2N2. The van der Waals surface area contributed by atoms with Crippen molar-refractivity contribution >= 4 is 6.34 Å². The van der Waals surface area contributed by atoms with Crippen molar-refractivity contribution in [3.8, 4) is 0 Å². The lowest BCUT2D eigenvalue weighted by Gasteiger charge is -2.29. The molecule has 0 amide bonds. The first-order valence-corrected chi connectivity index (χ1v) is 3.26. The van der Waals surface area contributed by atoms with E-state index in [9.17, 15) is 8.78 Å². The molecule has 0 aromatic carbocycles. The fourth-order valence-corrected chi connectivity index (χ4v) is 0.980. The lowest BCUT2D eigenvalue weighted by molar-refractivity contribution is -0.0428. The van der Waals surface area contributed by atoms with Crippen LogP contribution in [-0.2, 0) is 0 Å². The average molecular weight is 148 g/mol. The minimum absolute atomic E-state index is 0.109. The summed E-state index contributed by atoms with van der Waals surface area (Å²) < 4.78 is 24.8. The zero-order valence-electron chi connectivity index (χ0n) is 5.61. The van der Waals surface area contributed by atoms with Crippen molar-refractivity contribution in [1.29, 1.82) is 5.41 Å². The van der Waals surface area contributed by atoms with Gasteiger partial charge in [0.25, 0.3) is 5.92 Å². The van der Waals surface area contributed by atoms with Crippen molar-refractivity contribution in [3.05, 3.63) is 0 Å². The highest BCUT2D eigenvalue weighted by molar-refractivity contribution is 5.50. The minimum atomic E-state index is -2.49. The smallest absolute Gasteiger partial charge is 0.251 e. The summed E-state index contributed by atoms with van der Waals surface area (Å²) in [6.45, 7) is 0.632. The number of hydrogen-bond acceptors (Lipinski definition) is 1. The zero-order chi connectivity index (χ0) is 7.61. The summed E-state index contributed by atoms with van der Waals surface area (Å²) in [6, 6.07) is 0. The highest BCUT2D eigenvalue weighted by Gasteiger charge is 2.32. The number of piperidine rings is 1. The largest absolute Gasteiger partial charge is 0.363 e. The van der Waals surface area contributed by atoms with Crippen LogP contribution in [0, 0.1) is 5.41 Å². The number of nitrogens with one attached hydrogen (secondary N) is 1. The van der Waals surface area contributed by atoms with Gasteiger partial charge in [-0.15, -0.1) is 0 Å². The van der Waals surface area contributed by atoms with Crippen LogP contribution in [0.3, 0.4) is 0 Å². The van der Waals surface area contributed by atoms with Crippen LogP contribution in [0.25, 0.3) is 0 Å². The Labute approximate surface area is 58.3 Å². The quantitative estimate of drug-likeness (QED) is 0.440. The molecule has 1 N–H and O–H groups in total. The van der Waals surface area contributed by atoms with Crippen LogP contribution in [-0.4, -0.2) is 30.3 Å². The standard InChI is InChI=1S/C6H10F2N2/c7-6(8)1-3-10(5-9)4-2-6/h5,9H,1-4H2. The van der Waals surface area contributed by atoms with Crippen molar-refractivity contribution in [3.63, 3.8) is 0 Å².